The maximum absolute atomic E-state index is 13.0. The molecule has 1 heterocycles. The highest BCUT2D eigenvalue weighted by molar-refractivity contribution is 6.02. The van der Waals surface area contributed by atoms with Gasteiger partial charge in [0.2, 0.25) is 5.91 Å². The van der Waals surface area contributed by atoms with E-state index in [1.807, 2.05) is 29.2 Å². The van der Waals surface area contributed by atoms with E-state index in [0.717, 1.165) is 50.0 Å². The van der Waals surface area contributed by atoms with Crippen molar-refractivity contribution in [2.75, 3.05) is 32.7 Å². The first-order chi connectivity index (χ1) is 15.5. The number of aryl methyl sites for hydroxylation is 1. The van der Waals surface area contributed by atoms with Crippen molar-refractivity contribution in [1.29, 1.82) is 0 Å². The van der Waals surface area contributed by atoms with Crippen LogP contribution in [-0.2, 0) is 11.2 Å². The second-order valence-electron chi connectivity index (χ2n) is 8.72. The number of carbonyl (C=O) groups excluding carboxylic acids is 3. The van der Waals surface area contributed by atoms with Gasteiger partial charge in [0.1, 0.15) is 5.82 Å². The van der Waals surface area contributed by atoms with Gasteiger partial charge >= 0.3 is 0 Å². The number of benzene rings is 2. The van der Waals surface area contributed by atoms with Crippen molar-refractivity contribution in [3.05, 3.63) is 71.0 Å². The third-order valence-electron chi connectivity index (χ3n) is 6.61. The molecule has 1 aliphatic carbocycles. The molecular formula is C26H29FN2O3. The molecular weight excluding hydrogens is 407 g/mol. The largest absolute Gasteiger partial charge is 0.340 e. The fourth-order valence-electron chi connectivity index (χ4n) is 4.66. The van der Waals surface area contributed by atoms with E-state index in [4.69, 9.17) is 0 Å². The summed E-state index contributed by atoms with van der Waals surface area (Å²) in [4.78, 5) is 41.9. The molecule has 168 valence electrons. The number of amides is 1. The van der Waals surface area contributed by atoms with Crippen molar-refractivity contribution < 1.29 is 18.8 Å². The van der Waals surface area contributed by atoms with E-state index in [1.165, 1.54) is 24.3 Å². The molecule has 0 spiro atoms. The van der Waals surface area contributed by atoms with Crippen LogP contribution >= 0.6 is 0 Å². The van der Waals surface area contributed by atoms with Gasteiger partial charge in [-0.1, -0.05) is 24.3 Å². The van der Waals surface area contributed by atoms with E-state index in [-0.39, 0.29) is 29.2 Å². The lowest BCUT2D eigenvalue weighted by Crippen LogP contribution is -2.49. The Morgan fingerprint density at radius 1 is 0.969 bits per heavy atom. The van der Waals surface area contributed by atoms with Crippen LogP contribution in [0.2, 0.25) is 0 Å². The Kier molecular flexibility index (Phi) is 7.10. The molecule has 0 aromatic heterocycles. The number of fused-ring (bicyclic) bond motifs is 1. The molecule has 2 aliphatic rings. The number of ketones is 2. The van der Waals surface area contributed by atoms with Crippen LogP contribution in [0.3, 0.4) is 0 Å². The molecule has 5 nitrogen and oxygen atoms in total. The molecule has 1 atom stereocenters. The van der Waals surface area contributed by atoms with E-state index in [2.05, 4.69) is 4.90 Å². The SMILES string of the molecule is O=C(CCCN1CCN(C(=O)CC2CCc3ccccc3C2=O)CC1)c1ccc(F)cc1. The van der Waals surface area contributed by atoms with Gasteiger partial charge < -0.3 is 4.90 Å². The van der Waals surface area contributed by atoms with Gasteiger partial charge in [-0.25, -0.2) is 4.39 Å². The third-order valence-corrected chi connectivity index (χ3v) is 6.61. The fourth-order valence-corrected chi connectivity index (χ4v) is 4.66. The minimum Gasteiger partial charge on any atom is -0.340 e. The van der Waals surface area contributed by atoms with Gasteiger partial charge in [0.15, 0.2) is 11.6 Å². The number of carbonyl (C=O) groups is 3. The summed E-state index contributed by atoms with van der Waals surface area (Å²) in [6.45, 7) is 3.66. The van der Waals surface area contributed by atoms with Gasteiger partial charge in [-0.05, 0) is 55.6 Å². The summed E-state index contributed by atoms with van der Waals surface area (Å²) in [6.07, 6.45) is 3.05. The monoisotopic (exact) mass is 436 g/mol. The van der Waals surface area contributed by atoms with Crippen molar-refractivity contribution in [2.45, 2.75) is 32.1 Å². The van der Waals surface area contributed by atoms with Crippen molar-refractivity contribution in [2.24, 2.45) is 5.92 Å². The molecule has 4 rings (SSSR count). The second-order valence-corrected chi connectivity index (χ2v) is 8.72. The Morgan fingerprint density at radius 3 is 2.44 bits per heavy atom. The van der Waals surface area contributed by atoms with Crippen LogP contribution in [0.25, 0.3) is 0 Å². The van der Waals surface area contributed by atoms with Crippen molar-refractivity contribution >= 4 is 17.5 Å². The Balaban J connectivity index is 1.18. The highest BCUT2D eigenvalue weighted by Crippen LogP contribution is 2.28. The number of rotatable bonds is 7. The van der Waals surface area contributed by atoms with Gasteiger partial charge in [-0.2, -0.15) is 0 Å². The minimum absolute atomic E-state index is 0.0255. The molecule has 2 aromatic carbocycles. The molecule has 0 N–H and O–H groups in total. The lowest BCUT2D eigenvalue weighted by atomic mass is 9.81. The molecule has 1 aliphatic heterocycles. The average Bonchev–Trinajstić information content (AvgIpc) is 2.82. The van der Waals surface area contributed by atoms with Crippen LogP contribution in [-0.4, -0.2) is 60.0 Å². The summed E-state index contributed by atoms with van der Waals surface area (Å²) in [5, 5.41) is 0. The standard InChI is InChI=1S/C26H29FN2O3/c27-22-11-9-20(10-12-22)24(30)6-3-13-28-14-16-29(17-15-28)25(31)18-21-8-7-19-4-1-2-5-23(19)26(21)32/h1-2,4-5,9-12,21H,3,6-8,13-18H2. The lowest BCUT2D eigenvalue weighted by molar-refractivity contribution is -0.133. The van der Waals surface area contributed by atoms with E-state index >= 15 is 0 Å². The number of nitrogens with zero attached hydrogens (tertiary/aromatic N) is 2. The summed E-state index contributed by atoms with van der Waals surface area (Å²) in [5.74, 6) is -0.365. The van der Waals surface area contributed by atoms with Gasteiger partial charge in [-0.15, -0.1) is 0 Å². The minimum atomic E-state index is -0.341. The van der Waals surface area contributed by atoms with Crippen LogP contribution in [0.5, 0.6) is 0 Å². The maximum Gasteiger partial charge on any atom is 0.223 e. The topological polar surface area (TPSA) is 57.7 Å². The zero-order valence-electron chi connectivity index (χ0n) is 18.3. The van der Waals surface area contributed by atoms with E-state index in [0.29, 0.717) is 31.5 Å². The lowest BCUT2D eigenvalue weighted by Gasteiger charge is -2.35. The molecule has 0 bridgehead atoms. The molecule has 32 heavy (non-hydrogen) atoms. The van der Waals surface area contributed by atoms with Crippen LogP contribution in [0.1, 0.15) is 52.0 Å². The molecule has 1 saturated heterocycles. The smallest absolute Gasteiger partial charge is 0.223 e. The van der Waals surface area contributed by atoms with Crippen molar-refractivity contribution in [1.82, 2.24) is 9.80 Å². The predicted molar refractivity (Wildman–Crippen MR) is 120 cm³/mol. The number of Topliss-reactive ketones (excluding diaryl/α,β-unsaturated/α-hetero) is 2. The summed E-state index contributed by atoms with van der Waals surface area (Å²) in [6, 6.07) is 13.4. The molecule has 1 fully saturated rings. The Hall–Kier alpha value is -2.86. The third kappa shape index (κ3) is 5.30. The maximum atomic E-state index is 13.0. The Bertz CT molecular complexity index is 981. The van der Waals surface area contributed by atoms with Crippen molar-refractivity contribution in [3.8, 4) is 0 Å². The first-order valence-corrected chi connectivity index (χ1v) is 11.4. The molecule has 2 aromatic rings. The summed E-state index contributed by atoms with van der Waals surface area (Å²) < 4.78 is 13.0. The highest BCUT2D eigenvalue weighted by Gasteiger charge is 2.31. The van der Waals surface area contributed by atoms with Crippen LogP contribution in [0, 0.1) is 11.7 Å². The predicted octanol–water partition coefficient (Wildman–Crippen LogP) is 3.77. The molecule has 6 heteroatoms. The fraction of sp³-hybridized carbons (Fsp3) is 0.423. The zero-order valence-corrected chi connectivity index (χ0v) is 18.3. The Morgan fingerprint density at radius 2 is 1.69 bits per heavy atom. The molecule has 1 amide bonds. The van der Waals surface area contributed by atoms with E-state index < -0.39 is 0 Å². The van der Waals surface area contributed by atoms with Crippen LogP contribution in [0.15, 0.2) is 48.5 Å². The summed E-state index contributed by atoms with van der Waals surface area (Å²) in [5.41, 5.74) is 2.41. The Labute approximate surface area is 188 Å². The molecule has 0 saturated carbocycles. The molecule has 1 unspecified atom stereocenters. The highest BCUT2D eigenvalue weighted by atomic mass is 19.1. The normalized spacial score (nSPS) is 19.0. The van der Waals surface area contributed by atoms with Crippen molar-refractivity contribution in [3.63, 3.8) is 0 Å². The quantitative estimate of drug-likeness (QED) is 0.620. The number of hydrogen-bond acceptors (Lipinski definition) is 4. The number of halogens is 1. The van der Waals surface area contributed by atoms with Crippen LogP contribution in [0.4, 0.5) is 4.39 Å². The van der Waals surface area contributed by atoms with Gasteiger partial charge in [0.25, 0.3) is 0 Å². The number of hydrogen-bond donors (Lipinski definition) is 0. The van der Waals surface area contributed by atoms with E-state index in [1.54, 1.807) is 0 Å². The first-order valence-electron chi connectivity index (χ1n) is 11.4. The average molecular weight is 437 g/mol. The number of piperazine rings is 1. The second kappa shape index (κ2) is 10.2. The summed E-state index contributed by atoms with van der Waals surface area (Å²) in [7, 11) is 0. The zero-order chi connectivity index (χ0) is 22.5. The van der Waals surface area contributed by atoms with E-state index in [9.17, 15) is 18.8 Å². The van der Waals surface area contributed by atoms with Gasteiger partial charge in [0.05, 0.1) is 0 Å². The van der Waals surface area contributed by atoms with Crippen LogP contribution < -0.4 is 0 Å². The first kappa shape index (κ1) is 22.3. The van der Waals surface area contributed by atoms with Gasteiger partial charge in [0, 0.05) is 56.1 Å². The molecule has 0 radical (unpaired) electrons. The van der Waals surface area contributed by atoms with Gasteiger partial charge in [-0.3, -0.25) is 19.3 Å². The summed E-state index contributed by atoms with van der Waals surface area (Å²) >= 11 is 0.